The third kappa shape index (κ3) is 17.5. The molecule has 0 radical (unpaired) electrons. The van der Waals surface area contributed by atoms with E-state index in [2.05, 4.69) is 20.8 Å². The molecule has 0 spiro atoms. The van der Waals surface area contributed by atoms with Gasteiger partial charge >= 0.3 is 19.7 Å². The molecule has 304 valence electrons. The highest BCUT2D eigenvalue weighted by atomic mass is 32.2. The van der Waals surface area contributed by atoms with Crippen molar-refractivity contribution in [3.8, 4) is 0 Å². The topological polar surface area (TPSA) is 170 Å². The number of phosphoric ester groups is 1. The average molecular weight is 791 g/mol. The highest BCUT2D eigenvalue weighted by Crippen LogP contribution is 2.44. The summed E-state index contributed by atoms with van der Waals surface area (Å²) in [5.41, 5.74) is -4.73. The lowest BCUT2D eigenvalue weighted by atomic mass is 10.1. The van der Waals surface area contributed by atoms with Crippen molar-refractivity contribution in [1.29, 1.82) is 0 Å². The number of hydrogen-bond donors (Lipinski definition) is 4. The number of alkyl halides is 3. The second kappa shape index (κ2) is 25.0. The van der Waals surface area contributed by atoms with E-state index >= 15 is 0 Å². The standard InChI is InChI=1S/C35H62F3N2O10PS/c1-4-6-8-10-12-13-14-16-18-23-52-29(20-17-15-11-9-7-5-2)26(3)47-21-19-22-48-51(45,46)49-25-28-30(41)31(42)33(50-28)40-24-27(35(36,37)38)32(43)39-34(40)44/h24,26,28-31,33,41-42H,4-23,25H2,1-3H3,(H,45,46)(H,39,43,44)/t26?,28-,29?,30-,31-,33-/m1/s1. The number of aliphatic hydroxyl groups is 2. The molecule has 4 N–H and O–H groups in total. The van der Waals surface area contributed by atoms with E-state index in [1.54, 1.807) is 0 Å². The fourth-order valence-corrected chi connectivity index (χ4v) is 8.15. The summed E-state index contributed by atoms with van der Waals surface area (Å²) in [7, 11) is -4.67. The first-order valence-corrected chi connectivity index (χ1v) is 21.6. The molecule has 1 fully saturated rings. The second-order valence-electron chi connectivity index (χ2n) is 13.6. The SMILES string of the molecule is CCCCCCCCCCCSC(CCCCCCCC)C(C)OCCCOP(=O)(O)OC[C@H]1O[C@@H](n2cc(C(F)(F)F)c(=O)[nH]c2=O)[C@H](O)[C@@H]1O. The van der Waals surface area contributed by atoms with Crippen LogP contribution in [0.5, 0.6) is 0 Å². The summed E-state index contributed by atoms with van der Waals surface area (Å²) in [6.45, 7) is 5.82. The Morgan fingerprint density at radius 3 is 2.06 bits per heavy atom. The monoisotopic (exact) mass is 790 g/mol. The maximum atomic E-state index is 13.2. The molecule has 1 saturated heterocycles. The number of aliphatic hydroxyl groups excluding tert-OH is 2. The summed E-state index contributed by atoms with van der Waals surface area (Å²) < 4.78 is 73.7. The minimum Gasteiger partial charge on any atom is -0.387 e. The van der Waals surface area contributed by atoms with Gasteiger partial charge in [-0.3, -0.25) is 23.4 Å². The number of nitrogens with zero attached hydrogens (tertiary/aromatic N) is 1. The summed E-state index contributed by atoms with van der Waals surface area (Å²) in [5, 5.41) is 21.0. The van der Waals surface area contributed by atoms with Crippen molar-refractivity contribution in [3.05, 3.63) is 32.6 Å². The van der Waals surface area contributed by atoms with E-state index in [4.69, 9.17) is 18.5 Å². The largest absolute Gasteiger partial charge is 0.472 e. The molecular formula is C35H62F3N2O10PS. The quantitative estimate of drug-likeness (QED) is 0.0469. The molecule has 17 heteroatoms. The molecule has 3 unspecified atom stereocenters. The normalized spacial score (nSPS) is 21.7. The van der Waals surface area contributed by atoms with E-state index in [0.29, 0.717) is 18.3 Å². The second-order valence-corrected chi connectivity index (χ2v) is 16.4. The Balaban J connectivity index is 1.77. The Bertz CT molecular complexity index is 1290. The molecule has 1 aromatic rings. The summed E-state index contributed by atoms with van der Waals surface area (Å²) in [6.07, 6.45) is 8.24. The number of hydrogen-bond acceptors (Lipinski definition) is 10. The van der Waals surface area contributed by atoms with Crippen molar-refractivity contribution in [3.63, 3.8) is 0 Å². The third-order valence-electron chi connectivity index (χ3n) is 9.16. The van der Waals surface area contributed by atoms with Crippen LogP contribution >= 0.6 is 19.6 Å². The van der Waals surface area contributed by atoms with Crippen molar-refractivity contribution < 1.29 is 51.4 Å². The molecule has 2 rings (SSSR count). The van der Waals surface area contributed by atoms with Gasteiger partial charge in [0, 0.05) is 18.1 Å². The average Bonchev–Trinajstić information content (AvgIpc) is 3.36. The minimum atomic E-state index is -5.11. The van der Waals surface area contributed by atoms with Crippen LogP contribution in [-0.4, -0.2) is 79.9 Å². The number of aromatic nitrogens is 2. The number of H-pyrrole nitrogens is 1. The van der Waals surface area contributed by atoms with Crippen molar-refractivity contribution in [1.82, 2.24) is 9.55 Å². The van der Waals surface area contributed by atoms with Gasteiger partial charge in [0.15, 0.2) is 6.23 Å². The highest BCUT2D eigenvalue weighted by Gasteiger charge is 2.46. The number of halogens is 3. The van der Waals surface area contributed by atoms with Gasteiger partial charge in [0.25, 0.3) is 5.56 Å². The Kier molecular flexibility index (Phi) is 22.6. The Hall–Kier alpha value is -1.23. The number of aromatic amines is 1. The van der Waals surface area contributed by atoms with Gasteiger partial charge in [-0.25, -0.2) is 9.36 Å². The predicted octanol–water partition coefficient (Wildman–Crippen LogP) is 7.49. The first-order valence-electron chi connectivity index (χ1n) is 19.0. The van der Waals surface area contributed by atoms with E-state index in [9.17, 15) is 42.4 Å². The van der Waals surface area contributed by atoms with Gasteiger partial charge in [-0.1, -0.05) is 104 Å². The molecule has 1 aliphatic rings. The van der Waals surface area contributed by atoms with Gasteiger partial charge in [-0.05, 0) is 31.9 Å². The summed E-state index contributed by atoms with van der Waals surface area (Å²) >= 11 is 1.97. The predicted molar refractivity (Wildman–Crippen MR) is 195 cm³/mol. The molecule has 0 amide bonds. The number of thioether (sulfide) groups is 1. The maximum Gasteiger partial charge on any atom is 0.472 e. The van der Waals surface area contributed by atoms with E-state index in [-0.39, 0.29) is 23.5 Å². The number of ether oxygens (including phenoxy) is 2. The molecule has 1 aromatic heterocycles. The van der Waals surface area contributed by atoms with Crippen LogP contribution in [0.15, 0.2) is 15.8 Å². The van der Waals surface area contributed by atoms with Gasteiger partial charge in [0.1, 0.15) is 23.9 Å². The van der Waals surface area contributed by atoms with Crippen LogP contribution in [0.1, 0.15) is 142 Å². The molecule has 0 aliphatic carbocycles. The van der Waals surface area contributed by atoms with Gasteiger partial charge in [0.2, 0.25) is 0 Å². The van der Waals surface area contributed by atoms with Crippen LogP contribution < -0.4 is 11.2 Å². The minimum absolute atomic E-state index is 0.0149. The molecule has 2 heterocycles. The van der Waals surface area contributed by atoms with Crippen molar-refractivity contribution in [2.75, 3.05) is 25.6 Å². The fourth-order valence-electron chi connectivity index (χ4n) is 6.02. The van der Waals surface area contributed by atoms with Gasteiger partial charge in [-0.2, -0.15) is 24.9 Å². The van der Waals surface area contributed by atoms with Crippen LogP contribution in [0.4, 0.5) is 13.2 Å². The van der Waals surface area contributed by atoms with Crippen molar-refractivity contribution in [2.45, 2.75) is 172 Å². The number of unbranched alkanes of at least 4 members (excludes halogenated alkanes) is 13. The van der Waals surface area contributed by atoms with Crippen LogP contribution in [0.2, 0.25) is 0 Å². The van der Waals surface area contributed by atoms with E-state index in [1.807, 2.05) is 11.8 Å². The first kappa shape index (κ1) is 46.9. The highest BCUT2D eigenvalue weighted by molar-refractivity contribution is 7.99. The third-order valence-corrected chi connectivity index (χ3v) is 11.7. The summed E-state index contributed by atoms with van der Waals surface area (Å²) in [4.78, 5) is 35.4. The van der Waals surface area contributed by atoms with Crippen LogP contribution in [0.3, 0.4) is 0 Å². The summed E-state index contributed by atoms with van der Waals surface area (Å²) in [6, 6.07) is 0. The Morgan fingerprint density at radius 1 is 0.885 bits per heavy atom. The van der Waals surface area contributed by atoms with Crippen molar-refractivity contribution in [2.24, 2.45) is 0 Å². The number of nitrogens with one attached hydrogen (secondary N) is 1. The van der Waals surface area contributed by atoms with Crippen LogP contribution in [0.25, 0.3) is 0 Å². The zero-order valence-corrected chi connectivity index (χ0v) is 32.7. The molecule has 0 bridgehead atoms. The van der Waals surface area contributed by atoms with Crippen LogP contribution in [-0.2, 0) is 29.3 Å². The molecule has 52 heavy (non-hydrogen) atoms. The lowest BCUT2D eigenvalue weighted by molar-refractivity contribution is -0.140. The molecule has 12 nitrogen and oxygen atoms in total. The molecule has 7 atom stereocenters. The molecule has 0 saturated carbocycles. The Morgan fingerprint density at radius 2 is 1.46 bits per heavy atom. The number of phosphoric acid groups is 1. The number of rotatable bonds is 29. The summed E-state index contributed by atoms with van der Waals surface area (Å²) in [5.74, 6) is 1.09. The Labute approximate surface area is 310 Å². The lowest BCUT2D eigenvalue weighted by Crippen LogP contribution is -2.40. The smallest absolute Gasteiger partial charge is 0.387 e. The molecule has 1 aliphatic heterocycles. The zero-order valence-electron chi connectivity index (χ0n) is 31.0. The lowest BCUT2D eigenvalue weighted by Gasteiger charge is -2.24. The van der Waals surface area contributed by atoms with Gasteiger partial charge < -0.3 is 24.6 Å². The molecular weight excluding hydrogens is 728 g/mol. The maximum absolute atomic E-state index is 13.2. The fraction of sp³-hybridized carbons (Fsp3) is 0.886. The first-order chi connectivity index (χ1) is 24.7. The molecule has 0 aromatic carbocycles. The van der Waals surface area contributed by atoms with E-state index < -0.39 is 62.0 Å². The van der Waals surface area contributed by atoms with Gasteiger partial charge in [-0.15, -0.1) is 0 Å². The van der Waals surface area contributed by atoms with E-state index in [1.165, 1.54) is 94.9 Å². The van der Waals surface area contributed by atoms with Crippen molar-refractivity contribution >= 4 is 19.6 Å². The van der Waals surface area contributed by atoms with Crippen LogP contribution in [0, 0.1) is 0 Å². The van der Waals surface area contributed by atoms with Gasteiger partial charge in [0.05, 0.1) is 19.3 Å². The zero-order chi connectivity index (χ0) is 38.6. The van der Waals surface area contributed by atoms with E-state index in [0.717, 1.165) is 18.6 Å².